The summed E-state index contributed by atoms with van der Waals surface area (Å²) >= 11 is 0. The van der Waals surface area contributed by atoms with Gasteiger partial charge in [0.05, 0.1) is 0 Å². The van der Waals surface area contributed by atoms with Gasteiger partial charge in [0, 0.05) is 18.6 Å². The number of hydrogen-bond acceptors (Lipinski definition) is 5. The number of allylic oxidation sites excluding steroid dienone is 1. The molecule has 0 spiro atoms. The van der Waals surface area contributed by atoms with Crippen LogP contribution >= 0.6 is 0 Å². The minimum atomic E-state index is -1.17. The minimum Gasteiger partial charge on any atom is -0.481 e. The van der Waals surface area contributed by atoms with Crippen LogP contribution in [-0.4, -0.2) is 34.2 Å². The monoisotopic (exact) mass is 348 g/mol. The van der Waals surface area contributed by atoms with Crippen molar-refractivity contribution in [3.63, 3.8) is 0 Å². The second kappa shape index (κ2) is 7.16. The molecule has 0 amide bonds. The molecule has 0 radical (unpaired) electrons. The second-order valence-electron chi connectivity index (χ2n) is 7.80. The number of carbonyl (C=O) groups is 2. The van der Waals surface area contributed by atoms with E-state index in [1.807, 2.05) is 19.9 Å². The van der Waals surface area contributed by atoms with Gasteiger partial charge in [0.2, 0.25) is 5.78 Å². The van der Waals surface area contributed by atoms with Gasteiger partial charge in [0.1, 0.15) is 17.5 Å². The van der Waals surface area contributed by atoms with Crippen molar-refractivity contribution in [3.8, 4) is 0 Å². The lowest BCUT2D eigenvalue weighted by atomic mass is 9.94. The molecular weight excluding hydrogens is 320 g/mol. The molecule has 0 fully saturated rings. The Hall–Kier alpha value is -1.88. The van der Waals surface area contributed by atoms with Crippen molar-refractivity contribution in [1.82, 2.24) is 0 Å². The van der Waals surface area contributed by atoms with Gasteiger partial charge >= 0.3 is 5.97 Å². The Balaban J connectivity index is 1.86. The Kier molecular flexibility index (Phi) is 5.57. The van der Waals surface area contributed by atoms with Gasteiger partial charge in [-0.15, -0.1) is 0 Å². The number of ketones is 1. The Morgan fingerprint density at radius 2 is 2.08 bits per heavy atom. The Morgan fingerprint density at radius 1 is 1.40 bits per heavy atom. The van der Waals surface area contributed by atoms with Gasteiger partial charge in [-0.2, -0.15) is 0 Å². The average Bonchev–Trinajstić information content (AvgIpc) is 2.72. The fourth-order valence-corrected chi connectivity index (χ4v) is 3.04. The van der Waals surface area contributed by atoms with Gasteiger partial charge in [-0.3, -0.25) is 4.79 Å². The van der Waals surface area contributed by atoms with Gasteiger partial charge in [-0.05, 0) is 60.0 Å². The molecule has 5 heteroatoms. The van der Waals surface area contributed by atoms with E-state index in [1.165, 1.54) is 12.2 Å². The molecule has 25 heavy (non-hydrogen) atoms. The molecule has 0 saturated carbocycles. The summed E-state index contributed by atoms with van der Waals surface area (Å²) in [6.45, 7) is 8.98. The lowest BCUT2D eigenvalue weighted by Crippen LogP contribution is -2.32. The standard InChI is InChI=1S/C20H28O5/c1-13(9-15-10-14(2)11-18(22)24-15)7-6-8-20(5,23)17-12-16(21)19(3,4)25-17/h9,11-12,15,23H,6-8,10H2,1-5H3/b13-9+/t15?,20-/m0/s1. The van der Waals surface area contributed by atoms with Crippen molar-refractivity contribution in [3.05, 3.63) is 35.1 Å². The van der Waals surface area contributed by atoms with Crippen LogP contribution in [0.1, 0.15) is 60.3 Å². The molecule has 0 bridgehead atoms. The molecule has 0 saturated heterocycles. The highest BCUT2D eigenvalue weighted by Gasteiger charge is 2.41. The molecule has 5 nitrogen and oxygen atoms in total. The number of esters is 1. The third-order valence-electron chi connectivity index (χ3n) is 4.61. The van der Waals surface area contributed by atoms with Crippen molar-refractivity contribution in [2.75, 3.05) is 0 Å². The molecule has 2 heterocycles. The molecule has 0 aromatic heterocycles. The molecular formula is C20H28O5. The second-order valence-corrected chi connectivity index (χ2v) is 7.80. The predicted molar refractivity (Wildman–Crippen MR) is 94.7 cm³/mol. The Bertz CT molecular complexity index is 649. The summed E-state index contributed by atoms with van der Waals surface area (Å²) in [5, 5.41) is 10.6. The average molecular weight is 348 g/mol. The molecule has 1 N–H and O–H groups in total. The maximum Gasteiger partial charge on any atom is 0.331 e. The molecule has 1 unspecified atom stereocenters. The zero-order chi connectivity index (χ0) is 18.8. The van der Waals surface area contributed by atoms with Crippen molar-refractivity contribution < 1.29 is 24.2 Å². The first-order chi connectivity index (χ1) is 11.5. The van der Waals surface area contributed by atoms with Crippen LogP contribution in [0.3, 0.4) is 0 Å². The van der Waals surface area contributed by atoms with Gasteiger partial charge in [0.25, 0.3) is 0 Å². The van der Waals surface area contributed by atoms with Crippen LogP contribution in [0.2, 0.25) is 0 Å². The highest BCUT2D eigenvalue weighted by atomic mass is 16.5. The van der Waals surface area contributed by atoms with E-state index in [1.54, 1.807) is 20.8 Å². The molecule has 2 rings (SSSR count). The summed E-state index contributed by atoms with van der Waals surface area (Å²) in [6.07, 6.45) is 7.40. The van der Waals surface area contributed by atoms with Crippen molar-refractivity contribution in [2.24, 2.45) is 0 Å². The third-order valence-corrected chi connectivity index (χ3v) is 4.61. The minimum absolute atomic E-state index is 0.124. The van der Waals surface area contributed by atoms with Crippen LogP contribution < -0.4 is 0 Å². The topological polar surface area (TPSA) is 72.8 Å². The molecule has 0 aromatic rings. The number of ether oxygens (including phenoxy) is 2. The van der Waals surface area contributed by atoms with Crippen molar-refractivity contribution in [1.29, 1.82) is 0 Å². The fourth-order valence-electron chi connectivity index (χ4n) is 3.04. The molecule has 138 valence electrons. The normalized spacial score (nSPS) is 25.7. The fraction of sp³-hybridized carbons (Fsp3) is 0.600. The smallest absolute Gasteiger partial charge is 0.331 e. The quantitative estimate of drug-likeness (QED) is 0.588. The SMILES string of the molecule is CC1=CC(=O)OC(/C=C(\C)CCC[C@](C)(O)C2=CC(=O)C(C)(C)O2)C1. The maximum absolute atomic E-state index is 11.8. The zero-order valence-corrected chi connectivity index (χ0v) is 15.7. The lowest BCUT2D eigenvalue weighted by molar-refractivity contribution is -0.142. The van der Waals surface area contributed by atoms with E-state index in [0.717, 1.165) is 30.4 Å². The van der Waals surface area contributed by atoms with E-state index < -0.39 is 11.2 Å². The lowest BCUT2D eigenvalue weighted by Gasteiger charge is -2.28. The largest absolute Gasteiger partial charge is 0.481 e. The number of carbonyl (C=O) groups excluding carboxylic acids is 2. The Morgan fingerprint density at radius 3 is 2.64 bits per heavy atom. The maximum atomic E-state index is 11.8. The first kappa shape index (κ1) is 19.4. The predicted octanol–water partition coefficient (Wildman–Crippen LogP) is 3.38. The van der Waals surface area contributed by atoms with Gasteiger partial charge in [-0.1, -0.05) is 11.1 Å². The molecule has 0 aromatic carbocycles. The van der Waals surface area contributed by atoms with E-state index in [4.69, 9.17) is 9.47 Å². The van der Waals surface area contributed by atoms with E-state index in [0.29, 0.717) is 12.2 Å². The third kappa shape index (κ3) is 5.05. The molecule has 2 aliphatic rings. The summed E-state index contributed by atoms with van der Waals surface area (Å²) in [5.74, 6) is -0.0779. The van der Waals surface area contributed by atoms with Crippen LogP contribution in [0.15, 0.2) is 35.1 Å². The van der Waals surface area contributed by atoms with Gasteiger partial charge in [-0.25, -0.2) is 4.79 Å². The highest BCUT2D eigenvalue weighted by molar-refractivity contribution is 5.99. The summed E-state index contributed by atoms with van der Waals surface area (Å²) < 4.78 is 10.9. The first-order valence-electron chi connectivity index (χ1n) is 8.73. The Labute approximate surface area is 149 Å². The number of aliphatic hydroxyl groups is 1. The van der Waals surface area contributed by atoms with Gasteiger partial charge < -0.3 is 14.6 Å². The zero-order valence-electron chi connectivity index (χ0n) is 15.7. The summed E-state index contributed by atoms with van der Waals surface area (Å²) in [6, 6.07) is 0. The van der Waals surface area contributed by atoms with Crippen molar-refractivity contribution >= 4 is 11.8 Å². The van der Waals surface area contributed by atoms with Crippen LogP contribution in [-0.2, 0) is 19.1 Å². The van der Waals surface area contributed by atoms with E-state index in [9.17, 15) is 14.7 Å². The molecule has 2 atom stereocenters. The molecule has 0 aliphatic carbocycles. The number of hydrogen-bond donors (Lipinski definition) is 1. The van der Waals surface area contributed by atoms with E-state index >= 15 is 0 Å². The summed E-state index contributed by atoms with van der Waals surface area (Å²) in [4.78, 5) is 23.3. The molecule has 2 aliphatic heterocycles. The van der Waals surface area contributed by atoms with Gasteiger partial charge in [0.15, 0.2) is 5.60 Å². The van der Waals surface area contributed by atoms with Crippen LogP contribution in [0.4, 0.5) is 0 Å². The van der Waals surface area contributed by atoms with Crippen LogP contribution in [0.25, 0.3) is 0 Å². The van der Waals surface area contributed by atoms with Crippen molar-refractivity contribution in [2.45, 2.75) is 77.6 Å². The highest BCUT2D eigenvalue weighted by Crippen LogP contribution is 2.34. The number of cyclic esters (lactones) is 1. The number of rotatable bonds is 6. The summed E-state index contributed by atoms with van der Waals surface area (Å²) in [5.41, 5.74) is 0.0676. The van der Waals surface area contributed by atoms with E-state index in [-0.39, 0.29) is 17.9 Å². The van der Waals surface area contributed by atoms with Crippen LogP contribution in [0.5, 0.6) is 0 Å². The first-order valence-corrected chi connectivity index (χ1v) is 8.73. The van der Waals surface area contributed by atoms with E-state index in [2.05, 4.69) is 0 Å². The summed E-state index contributed by atoms with van der Waals surface area (Å²) in [7, 11) is 0. The van der Waals surface area contributed by atoms with Crippen LogP contribution in [0, 0.1) is 0 Å².